The highest BCUT2D eigenvalue weighted by Gasteiger charge is 2.05. The van der Waals surface area contributed by atoms with Crippen LogP contribution in [0.5, 0.6) is 0 Å². The van der Waals surface area contributed by atoms with E-state index in [9.17, 15) is 9.59 Å². The number of rotatable bonds is 14. The summed E-state index contributed by atoms with van der Waals surface area (Å²) in [6.45, 7) is 16.5. The smallest absolute Gasteiger partial charge is 0.330 e. The van der Waals surface area contributed by atoms with Crippen LogP contribution in [0.15, 0.2) is 25.3 Å². The summed E-state index contributed by atoms with van der Waals surface area (Å²) < 4.78 is 9.80. The van der Waals surface area contributed by atoms with E-state index in [1.807, 2.05) is 0 Å². The molecule has 0 aliphatic heterocycles. The monoisotopic (exact) mass is 368 g/mol. The molecular weight excluding hydrogens is 328 g/mol. The van der Waals surface area contributed by atoms with E-state index in [0.29, 0.717) is 25.0 Å². The molecule has 0 N–H and O–H groups in total. The average Bonchev–Trinajstić information content (AvgIpc) is 2.65. The van der Waals surface area contributed by atoms with E-state index in [1.165, 1.54) is 50.7 Å². The Kier molecular flexibility index (Phi) is 20.2. The summed E-state index contributed by atoms with van der Waals surface area (Å²) in [5, 5.41) is 0. The highest BCUT2D eigenvalue weighted by atomic mass is 16.5. The van der Waals surface area contributed by atoms with Gasteiger partial charge in [-0.05, 0) is 24.7 Å². The highest BCUT2D eigenvalue weighted by Crippen LogP contribution is 2.14. The first-order valence-corrected chi connectivity index (χ1v) is 10.0. The van der Waals surface area contributed by atoms with Gasteiger partial charge >= 0.3 is 11.9 Å². The Morgan fingerprint density at radius 1 is 0.846 bits per heavy atom. The van der Waals surface area contributed by atoms with Gasteiger partial charge in [0.15, 0.2) is 0 Å². The second-order valence-electron chi connectivity index (χ2n) is 6.63. The van der Waals surface area contributed by atoms with E-state index >= 15 is 0 Å². The van der Waals surface area contributed by atoms with Gasteiger partial charge in [-0.2, -0.15) is 0 Å². The molecular formula is C22H40O4. The SMILES string of the molecule is C=CC(=O)OCCC(C)CCCC.C=CC(=O)OCCC(CC)CCC. The first-order chi connectivity index (χ1) is 12.4. The lowest BCUT2D eigenvalue weighted by molar-refractivity contribution is -0.139. The maximum atomic E-state index is 10.7. The molecule has 0 aromatic carbocycles. The molecule has 4 heteroatoms. The molecule has 0 saturated carbocycles. The topological polar surface area (TPSA) is 52.6 Å². The van der Waals surface area contributed by atoms with Crippen LogP contribution in [0.2, 0.25) is 0 Å². The lowest BCUT2D eigenvalue weighted by atomic mass is 9.98. The van der Waals surface area contributed by atoms with Gasteiger partial charge in [-0.15, -0.1) is 0 Å². The van der Waals surface area contributed by atoms with Gasteiger partial charge in [-0.25, -0.2) is 9.59 Å². The molecule has 0 radical (unpaired) electrons. The third kappa shape index (κ3) is 18.8. The molecule has 0 bridgehead atoms. The molecule has 26 heavy (non-hydrogen) atoms. The zero-order chi connectivity index (χ0) is 20.2. The van der Waals surface area contributed by atoms with Gasteiger partial charge in [0.2, 0.25) is 0 Å². The van der Waals surface area contributed by atoms with Crippen LogP contribution in [0.1, 0.15) is 79.1 Å². The van der Waals surface area contributed by atoms with Crippen LogP contribution in [0.4, 0.5) is 0 Å². The fraction of sp³-hybridized carbons (Fsp3) is 0.727. The summed E-state index contributed by atoms with van der Waals surface area (Å²) in [7, 11) is 0. The lowest BCUT2D eigenvalue weighted by Gasteiger charge is -2.12. The van der Waals surface area contributed by atoms with Crippen molar-refractivity contribution in [1.29, 1.82) is 0 Å². The molecule has 152 valence electrons. The molecule has 2 atom stereocenters. The Hall–Kier alpha value is -1.58. The number of esters is 2. The van der Waals surface area contributed by atoms with Crippen LogP contribution in [0.3, 0.4) is 0 Å². The number of hydrogen-bond acceptors (Lipinski definition) is 4. The number of hydrogen-bond donors (Lipinski definition) is 0. The van der Waals surface area contributed by atoms with Crippen molar-refractivity contribution in [2.24, 2.45) is 11.8 Å². The van der Waals surface area contributed by atoms with Gasteiger partial charge in [0.05, 0.1) is 13.2 Å². The van der Waals surface area contributed by atoms with Crippen molar-refractivity contribution < 1.29 is 19.1 Å². The van der Waals surface area contributed by atoms with Gasteiger partial charge < -0.3 is 9.47 Å². The quantitative estimate of drug-likeness (QED) is 0.284. The molecule has 4 nitrogen and oxygen atoms in total. The van der Waals surface area contributed by atoms with E-state index < -0.39 is 0 Å². The number of carbonyl (C=O) groups excluding carboxylic acids is 2. The summed E-state index contributed by atoms with van der Waals surface area (Å²) in [5.74, 6) is 0.717. The van der Waals surface area contributed by atoms with Crippen LogP contribution >= 0.6 is 0 Å². The van der Waals surface area contributed by atoms with Crippen molar-refractivity contribution >= 4 is 11.9 Å². The van der Waals surface area contributed by atoms with E-state index in [0.717, 1.165) is 12.8 Å². The molecule has 0 aromatic rings. The fourth-order valence-corrected chi connectivity index (χ4v) is 2.46. The Labute approximate surface area is 161 Å². The standard InChI is InChI=1S/2C11H20O2/c1-4-6-7-10(3)8-9-13-11(12)5-2;1-4-7-10(5-2)8-9-13-11(12)6-3/h5,10H,2,4,6-9H2,1,3H3;6,10H,3-5,7-9H2,1-2H3. The second-order valence-corrected chi connectivity index (χ2v) is 6.63. The Morgan fingerprint density at radius 2 is 1.38 bits per heavy atom. The first-order valence-electron chi connectivity index (χ1n) is 10.0. The summed E-state index contributed by atoms with van der Waals surface area (Å²) in [6.07, 6.45) is 11.7. The normalized spacial score (nSPS) is 12.2. The van der Waals surface area contributed by atoms with Crippen molar-refractivity contribution in [2.45, 2.75) is 79.1 Å². The maximum absolute atomic E-state index is 10.7. The van der Waals surface area contributed by atoms with Crippen molar-refractivity contribution in [3.05, 3.63) is 25.3 Å². The number of unbranched alkanes of at least 4 members (excludes halogenated alkanes) is 1. The van der Waals surface area contributed by atoms with Crippen LogP contribution in [0.25, 0.3) is 0 Å². The molecule has 0 aliphatic carbocycles. The number of ether oxygens (including phenoxy) is 2. The average molecular weight is 369 g/mol. The molecule has 0 heterocycles. The van der Waals surface area contributed by atoms with Gasteiger partial charge in [0.1, 0.15) is 0 Å². The molecule has 0 rings (SSSR count). The molecule has 0 saturated heterocycles. The Bertz CT molecular complexity index is 376. The third-order valence-corrected chi connectivity index (χ3v) is 4.28. The predicted molar refractivity (Wildman–Crippen MR) is 109 cm³/mol. The molecule has 0 amide bonds. The van der Waals surface area contributed by atoms with Crippen LogP contribution in [0, 0.1) is 11.8 Å². The minimum Gasteiger partial charge on any atom is -0.463 e. The fourth-order valence-electron chi connectivity index (χ4n) is 2.46. The molecule has 2 unspecified atom stereocenters. The summed E-state index contributed by atoms with van der Waals surface area (Å²) in [5.41, 5.74) is 0. The van der Waals surface area contributed by atoms with E-state index in [4.69, 9.17) is 9.47 Å². The van der Waals surface area contributed by atoms with Crippen molar-refractivity contribution in [3.8, 4) is 0 Å². The van der Waals surface area contributed by atoms with Gasteiger partial charge in [0.25, 0.3) is 0 Å². The van der Waals surface area contributed by atoms with Crippen molar-refractivity contribution in [1.82, 2.24) is 0 Å². The summed E-state index contributed by atoms with van der Waals surface area (Å²) >= 11 is 0. The van der Waals surface area contributed by atoms with Gasteiger partial charge in [-0.1, -0.05) is 79.4 Å². The Morgan fingerprint density at radius 3 is 1.81 bits per heavy atom. The minimum atomic E-state index is -0.317. The largest absolute Gasteiger partial charge is 0.463 e. The summed E-state index contributed by atoms with van der Waals surface area (Å²) in [6, 6.07) is 0. The van der Waals surface area contributed by atoms with Crippen molar-refractivity contribution in [3.63, 3.8) is 0 Å². The zero-order valence-corrected chi connectivity index (χ0v) is 17.4. The van der Waals surface area contributed by atoms with Crippen LogP contribution in [-0.4, -0.2) is 25.2 Å². The van der Waals surface area contributed by atoms with E-state index in [1.54, 1.807) is 0 Å². The zero-order valence-electron chi connectivity index (χ0n) is 17.4. The van der Waals surface area contributed by atoms with Gasteiger partial charge in [-0.3, -0.25) is 0 Å². The van der Waals surface area contributed by atoms with Crippen LogP contribution in [-0.2, 0) is 19.1 Å². The summed E-state index contributed by atoms with van der Waals surface area (Å²) in [4.78, 5) is 21.4. The molecule has 0 aromatic heterocycles. The second kappa shape index (κ2) is 19.7. The highest BCUT2D eigenvalue weighted by molar-refractivity contribution is 5.81. The maximum Gasteiger partial charge on any atom is 0.330 e. The molecule has 0 fully saturated rings. The van der Waals surface area contributed by atoms with Crippen LogP contribution < -0.4 is 0 Å². The van der Waals surface area contributed by atoms with E-state index in [2.05, 4.69) is 40.9 Å². The van der Waals surface area contributed by atoms with Gasteiger partial charge in [0, 0.05) is 12.2 Å². The lowest BCUT2D eigenvalue weighted by Crippen LogP contribution is -2.07. The Balaban J connectivity index is 0. The first kappa shape index (κ1) is 26.6. The number of carbonyl (C=O) groups is 2. The molecule has 0 aliphatic rings. The predicted octanol–water partition coefficient (Wildman–Crippen LogP) is 5.86. The third-order valence-electron chi connectivity index (χ3n) is 4.28. The minimum absolute atomic E-state index is 0.314. The molecule has 0 spiro atoms. The van der Waals surface area contributed by atoms with E-state index in [-0.39, 0.29) is 11.9 Å². The van der Waals surface area contributed by atoms with Crippen molar-refractivity contribution in [2.75, 3.05) is 13.2 Å².